The molecule has 7 nitrogen and oxygen atoms in total. The van der Waals surface area contributed by atoms with Gasteiger partial charge in [0.05, 0.1) is 17.9 Å². The summed E-state index contributed by atoms with van der Waals surface area (Å²) in [6.07, 6.45) is -4.80. The number of rotatable bonds is 3. The van der Waals surface area contributed by atoms with Crippen molar-refractivity contribution in [2.24, 2.45) is 0 Å². The number of carbonyl (C=O) groups excluding carboxylic acids is 2. The fourth-order valence-electron chi connectivity index (χ4n) is 2.25. The second kappa shape index (κ2) is 5.49. The summed E-state index contributed by atoms with van der Waals surface area (Å²) >= 11 is 0. The maximum Gasteiger partial charge on any atom is 0.421 e. The lowest BCUT2D eigenvalue weighted by molar-refractivity contribution is -0.147. The topological polar surface area (TPSA) is 112 Å². The van der Waals surface area contributed by atoms with Gasteiger partial charge < -0.3 is 20.7 Å². The highest BCUT2D eigenvalue weighted by molar-refractivity contribution is 6.44. The molecule has 1 aliphatic rings. The highest BCUT2D eigenvalue weighted by Crippen LogP contribution is 2.44. The summed E-state index contributed by atoms with van der Waals surface area (Å²) in [7, 11) is 0. The number of alkyl halides is 3. The van der Waals surface area contributed by atoms with Gasteiger partial charge in [-0.15, -0.1) is 0 Å². The summed E-state index contributed by atoms with van der Waals surface area (Å²) < 4.78 is 43.5. The Balaban J connectivity index is 2.67. The quantitative estimate of drug-likeness (QED) is 0.374. The first-order valence-electron chi connectivity index (χ1n) is 6.32. The van der Waals surface area contributed by atoms with E-state index in [1.54, 1.807) is 0 Å². The van der Waals surface area contributed by atoms with Gasteiger partial charge in [-0.2, -0.15) is 18.0 Å². The van der Waals surface area contributed by atoms with Gasteiger partial charge in [0, 0.05) is 5.56 Å². The SMILES string of the molecule is CCOC(=O)C(=[N+]=[N-])C1(O)C(=O)Nc2c(C(F)(F)F)cccc21. The van der Waals surface area contributed by atoms with E-state index in [-0.39, 0.29) is 6.61 Å². The molecule has 122 valence electrons. The fraction of sp³-hybridized carbons (Fsp3) is 0.308. The Bertz CT molecular complexity index is 740. The molecule has 0 aliphatic carbocycles. The summed E-state index contributed by atoms with van der Waals surface area (Å²) in [5.74, 6) is -2.69. The molecule has 1 aromatic rings. The minimum atomic E-state index is -4.80. The predicted octanol–water partition coefficient (Wildman–Crippen LogP) is 1.08. The smallest absolute Gasteiger partial charge is 0.421 e. The van der Waals surface area contributed by atoms with Crippen molar-refractivity contribution in [2.75, 3.05) is 11.9 Å². The molecule has 10 heteroatoms. The molecule has 2 rings (SSSR count). The molecule has 0 spiro atoms. The van der Waals surface area contributed by atoms with Crippen LogP contribution in [0, 0.1) is 0 Å². The average molecular weight is 329 g/mol. The van der Waals surface area contributed by atoms with Crippen LogP contribution in [-0.4, -0.2) is 34.1 Å². The molecule has 23 heavy (non-hydrogen) atoms. The molecule has 0 bridgehead atoms. The molecule has 1 atom stereocenters. The standard InChI is InChI=1S/C13H10F3N3O4/c1-2-23-10(20)9(19-17)12(22)6-4-3-5-7(13(14,15)16)8(6)18-11(12)21/h3-5,22H,2H2,1H3,(H,18,21). The number of para-hydroxylation sites is 1. The van der Waals surface area contributed by atoms with Gasteiger partial charge in [0.15, 0.2) is 0 Å². The van der Waals surface area contributed by atoms with Crippen LogP contribution in [0.1, 0.15) is 18.1 Å². The Morgan fingerprint density at radius 3 is 2.65 bits per heavy atom. The van der Waals surface area contributed by atoms with E-state index in [1.807, 2.05) is 5.32 Å². The van der Waals surface area contributed by atoms with Gasteiger partial charge in [0.2, 0.25) is 0 Å². The number of hydrogen-bond donors (Lipinski definition) is 2. The Labute approximate surface area is 127 Å². The largest absolute Gasteiger partial charge is 0.457 e. The number of benzene rings is 1. The Hall–Kier alpha value is -2.71. The zero-order chi connectivity index (χ0) is 17.4. The number of anilines is 1. The number of amides is 1. The van der Waals surface area contributed by atoms with Gasteiger partial charge in [-0.05, 0) is 13.0 Å². The van der Waals surface area contributed by atoms with Crippen LogP contribution in [0.5, 0.6) is 0 Å². The van der Waals surface area contributed by atoms with Crippen LogP contribution in [0.4, 0.5) is 18.9 Å². The monoisotopic (exact) mass is 329 g/mol. The van der Waals surface area contributed by atoms with Crippen molar-refractivity contribution in [3.05, 3.63) is 34.9 Å². The van der Waals surface area contributed by atoms with Gasteiger partial charge >= 0.3 is 17.9 Å². The van der Waals surface area contributed by atoms with Crippen LogP contribution in [0.25, 0.3) is 5.53 Å². The first kappa shape index (κ1) is 16.7. The highest BCUT2D eigenvalue weighted by atomic mass is 19.4. The van der Waals surface area contributed by atoms with Gasteiger partial charge in [0.25, 0.3) is 11.5 Å². The lowest BCUT2D eigenvalue weighted by Gasteiger charge is -2.15. The number of carbonyl (C=O) groups is 2. The van der Waals surface area contributed by atoms with Gasteiger partial charge in [-0.3, -0.25) is 4.79 Å². The van der Waals surface area contributed by atoms with Crippen LogP contribution in [0.2, 0.25) is 0 Å². The fourth-order valence-corrected chi connectivity index (χ4v) is 2.25. The van der Waals surface area contributed by atoms with Crippen LogP contribution in [0.3, 0.4) is 0 Å². The summed E-state index contributed by atoms with van der Waals surface area (Å²) in [4.78, 5) is 26.3. The second-order valence-corrected chi connectivity index (χ2v) is 4.56. The Kier molecular flexibility index (Phi) is 3.97. The van der Waals surface area contributed by atoms with E-state index < -0.39 is 46.2 Å². The van der Waals surface area contributed by atoms with E-state index in [1.165, 1.54) is 6.92 Å². The lowest BCUT2D eigenvalue weighted by atomic mass is 9.89. The molecule has 1 amide bonds. The minimum absolute atomic E-state index is 0.162. The van der Waals surface area contributed by atoms with Gasteiger partial charge in [0.1, 0.15) is 0 Å². The van der Waals surface area contributed by atoms with E-state index in [4.69, 9.17) is 5.53 Å². The van der Waals surface area contributed by atoms with E-state index in [0.29, 0.717) is 6.07 Å². The molecule has 1 aromatic carbocycles. The van der Waals surface area contributed by atoms with Crippen LogP contribution in [0.15, 0.2) is 18.2 Å². The second-order valence-electron chi connectivity index (χ2n) is 4.56. The molecule has 0 saturated heterocycles. The third-order valence-corrected chi connectivity index (χ3v) is 3.24. The third kappa shape index (κ3) is 2.47. The van der Waals surface area contributed by atoms with Crippen molar-refractivity contribution in [3.63, 3.8) is 0 Å². The molecular weight excluding hydrogens is 319 g/mol. The predicted molar refractivity (Wildman–Crippen MR) is 69.2 cm³/mol. The zero-order valence-electron chi connectivity index (χ0n) is 11.6. The molecule has 1 heterocycles. The van der Waals surface area contributed by atoms with Crippen molar-refractivity contribution in [2.45, 2.75) is 18.7 Å². The summed E-state index contributed by atoms with van der Waals surface area (Å²) in [5.41, 5.74) is 2.45. The molecule has 0 radical (unpaired) electrons. The van der Waals surface area contributed by atoms with Crippen LogP contribution in [-0.2, 0) is 26.1 Å². The molecular formula is C13H10F3N3O4. The number of halogens is 3. The molecule has 1 aliphatic heterocycles. The van der Waals surface area contributed by atoms with E-state index in [0.717, 1.165) is 12.1 Å². The van der Waals surface area contributed by atoms with E-state index in [9.17, 15) is 27.9 Å². The molecule has 2 N–H and O–H groups in total. The van der Waals surface area contributed by atoms with Crippen molar-refractivity contribution < 1.29 is 37.4 Å². The molecule has 0 aromatic heterocycles. The van der Waals surface area contributed by atoms with Crippen molar-refractivity contribution in [1.82, 2.24) is 0 Å². The number of ether oxygens (including phenoxy) is 1. The van der Waals surface area contributed by atoms with Crippen LogP contribution < -0.4 is 5.32 Å². The van der Waals surface area contributed by atoms with Gasteiger partial charge in [-0.25, -0.2) is 4.79 Å². The third-order valence-electron chi connectivity index (χ3n) is 3.24. The molecule has 1 unspecified atom stereocenters. The summed E-state index contributed by atoms with van der Waals surface area (Å²) in [6, 6.07) is 2.66. The number of nitrogens with one attached hydrogen (secondary N) is 1. The zero-order valence-corrected chi connectivity index (χ0v) is 11.6. The minimum Gasteiger partial charge on any atom is -0.457 e. The average Bonchev–Trinajstić information content (AvgIpc) is 2.71. The molecule has 0 saturated carbocycles. The number of nitrogens with zero attached hydrogens (tertiary/aromatic N) is 2. The maximum absolute atomic E-state index is 13.0. The van der Waals surface area contributed by atoms with Crippen molar-refractivity contribution in [1.29, 1.82) is 0 Å². The van der Waals surface area contributed by atoms with E-state index >= 15 is 0 Å². The van der Waals surface area contributed by atoms with Gasteiger partial charge in [-0.1, -0.05) is 12.1 Å². The van der Waals surface area contributed by atoms with Crippen molar-refractivity contribution >= 4 is 23.3 Å². The van der Waals surface area contributed by atoms with Crippen molar-refractivity contribution in [3.8, 4) is 0 Å². The normalized spacial score (nSPS) is 19.6. The number of hydrogen-bond acceptors (Lipinski definition) is 4. The lowest BCUT2D eigenvalue weighted by Crippen LogP contribution is -2.47. The first-order valence-corrected chi connectivity index (χ1v) is 6.32. The summed E-state index contributed by atoms with van der Waals surface area (Å²) in [5, 5.41) is 12.4. The number of aliphatic hydroxyl groups is 1. The van der Waals surface area contributed by atoms with E-state index in [2.05, 4.69) is 9.53 Å². The number of esters is 1. The number of fused-ring (bicyclic) bond motifs is 1. The summed E-state index contributed by atoms with van der Waals surface area (Å²) in [6.45, 7) is 1.26. The van der Waals surface area contributed by atoms with Crippen LogP contribution >= 0.6 is 0 Å². The highest BCUT2D eigenvalue weighted by Gasteiger charge is 2.60. The Morgan fingerprint density at radius 1 is 1.48 bits per heavy atom. The maximum atomic E-state index is 13.0. The first-order chi connectivity index (χ1) is 10.7. The molecule has 0 fully saturated rings. The Morgan fingerprint density at radius 2 is 2.13 bits per heavy atom.